The summed E-state index contributed by atoms with van der Waals surface area (Å²) in [6.07, 6.45) is -0.185. The summed E-state index contributed by atoms with van der Waals surface area (Å²) in [5, 5.41) is 6.70. The van der Waals surface area contributed by atoms with Crippen molar-refractivity contribution in [3.05, 3.63) is 44.8 Å². The van der Waals surface area contributed by atoms with Gasteiger partial charge in [0, 0.05) is 9.75 Å². The first-order chi connectivity index (χ1) is 16.1. The van der Waals surface area contributed by atoms with Gasteiger partial charge in [-0.3, -0.25) is 4.90 Å². The molecule has 9 nitrogen and oxygen atoms in total. The van der Waals surface area contributed by atoms with Gasteiger partial charge in [0.25, 0.3) is 0 Å². The molecule has 0 saturated heterocycles. The van der Waals surface area contributed by atoms with Crippen molar-refractivity contribution in [2.45, 2.75) is 64.8 Å². The number of hydrogen-bond acceptors (Lipinski definition) is 8. The van der Waals surface area contributed by atoms with Gasteiger partial charge in [0.05, 0.1) is 25.7 Å². The molecule has 0 bridgehead atoms. The van der Waals surface area contributed by atoms with Gasteiger partial charge in [0.2, 0.25) is 0 Å². The number of unbranched alkanes of at least 4 members (excludes halogenated alkanes) is 1. The van der Waals surface area contributed by atoms with Gasteiger partial charge in [-0.2, -0.15) is 0 Å². The normalized spacial score (nSPS) is 12.0. The minimum Gasteiger partial charge on any atom is -0.450 e. The molecular weight excluding hydrogens is 478 g/mol. The van der Waals surface area contributed by atoms with Crippen molar-refractivity contribution in [1.29, 1.82) is 0 Å². The largest absolute Gasteiger partial charge is 0.450 e. The van der Waals surface area contributed by atoms with E-state index in [9.17, 15) is 14.4 Å². The van der Waals surface area contributed by atoms with E-state index in [1.165, 1.54) is 0 Å². The molecule has 0 saturated carbocycles. The van der Waals surface area contributed by atoms with Crippen LogP contribution in [0, 0.1) is 0 Å². The molecule has 0 aromatic carbocycles. The van der Waals surface area contributed by atoms with Crippen molar-refractivity contribution in [2.24, 2.45) is 5.73 Å². The van der Waals surface area contributed by atoms with Gasteiger partial charge in [-0.25, -0.2) is 14.4 Å². The number of amides is 3. The zero-order valence-corrected chi connectivity index (χ0v) is 21.4. The smallest absolute Gasteiger partial charge is 0.410 e. The summed E-state index contributed by atoms with van der Waals surface area (Å²) in [5.41, 5.74) is 4.32. The van der Waals surface area contributed by atoms with E-state index in [0.29, 0.717) is 32.4 Å². The predicted molar refractivity (Wildman–Crippen MR) is 132 cm³/mol. The van der Waals surface area contributed by atoms with Crippen molar-refractivity contribution < 1.29 is 28.6 Å². The van der Waals surface area contributed by atoms with Crippen molar-refractivity contribution in [2.75, 3.05) is 13.2 Å². The maximum Gasteiger partial charge on any atom is 0.410 e. The molecule has 2 rings (SSSR count). The van der Waals surface area contributed by atoms with Gasteiger partial charge >= 0.3 is 18.3 Å². The highest BCUT2D eigenvalue weighted by Crippen LogP contribution is 2.18. The van der Waals surface area contributed by atoms with E-state index in [4.69, 9.17) is 19.9 Å². The first-order valence-electron chi connectivity index (χ1n) is 11.0. The molecule has 188 valence electrons. The zero-order chi connectivity index (χ0) is 25.0. The molecular formula is C23H33N3O6S2. The number of ether oxygens (including phenoxy) is 3. The van der Waals surface area contributed by atoms with Crippen LogP contribution >= 0.6 is 22.7 Å². The Morgan fingerprint density at radius 2 is 1.65 bits per heavy atom. The summed E-state index contributed by atoms with van der Waals surface area (Å²) >= 11 is 3.15. The van der Waals surface area contributed by atoms with Crippen molar-refractivity contribution in [3.8, 4) is 0 Å². The standard InChI is InChI=1S/C23H33N3O6S2/c1-23(2,3)32-21(28)25-17(8-4-5-11-30-20(24)27)16-31-22(29)26(14-18-9-6-12-33-18)15-19-10-7-13-34-19/h6-7,9-10,12-13,17H,4-5,8,11,14-16H2,1-3H3,(H2,24,27)(H,25,28). The van der Waals surface area contributed by atoms with Gasteiger partial charge < -0.3 is 25.3 Å². The Kier molecular flexibility index (Phi) is 11.1. The van der Waals surface area contributed by atoms with Crippen molar-refractivity contribution in [3.63, 3.8) is 0 Å². The molecule has 0 spiro atoms. The zero-order valence-electron chi connectivity index (χ0n) is 19.8. The summed E-state index contributed by atoms with van der Waals surface area (Å²) < 4.78 is 15.7. The molecule has 2 aromatic heterocycles. The molecule has 0 aliphatic heterocycles. The number of nitrogens with two attached hydrogens (primary N) is 1. The van der Waals surface area contributed by atoms with Crippen LogP contribution in [0.2, 0.25) is 0 Å². The molecule has 2 aromatic rings. The maximum atomic E-state index is 13.0. The van der Waals surface area contributed by atoms with Crippen LogP contribution in [0.15, 0.2) is 35.0 Å². The van der Waals surface area contributed by atoms with E-state index in [-0.39, 0.29) is 13.2 Å². The first kappa shape index (κ1) is 27.5. The topological polar surface area (TPSA) is 120 Å². The van der Waals surface area contributed by atoms with Gasteiger partial charge in [0.1, 0.15) is 12.2 Å². The van der Waals surface area contributed by atoms with E-state index >= 15 is 0 Å². The predicted octanol–water partition coefficient (Wildman–Crippen LogP) is 5.11. The molecule has 34 heavy (non-hydrogen) atoms. The summed E-state index contributed by atoms with van der Waals surface area (Å²) in [6.45, 7) is 6.36. The lowest BCUT2D eigenvalue weighted by molar-refractivity contribution is 0.0442. The number of rotatable bonds is 12. The highest BCUT2D eigenvalue weighted by atomic mass is 32.1. The van der Waals surface area contributed by atoms with Gasteiger partial charge in [-0.15, -0.1) is 22.7 Å². The SMILES string of the molecule is CC(C)(C)OC(=O)NC(CCCCOC(N)=O)COC(=O)N(Cc1cccs1)Cc1cccs1. The number of carbonyl (C=O) groups excluding carboxylic acids is 3. The van der Waals surface area contributed by atoms with Crippen molar-refractivity contribution in [1.82, 2.24) is 10.2 Å². The summed E-state index contributed by atoms with van der Waals surface area (Å²) in [5.74, 6) is 0. The maximum absolute atomic E-state index is 13.0. The Balaban J connectivity index is 1.96. The first-order valence-corrected chi connectivity index (χ1v) is 12.8. The second kappa shape index (κ2) is 13.8. The number of carbonyl (C=O) groups is 3. The minimum atomic E-state index is -0.825. The van der Waals surface area contributed by atoms with Crippen LogP contribution in [0.4, 0.5) is 14.4 Å². The highest BCUT2D eigenvalue weighted by Gasteiger charge is 2.23. The second-order valence-electron chi connectivity index (χ2n) is 8.60. The second-order valence-corrected chi connectivity index (χ2v) is 10.7. The van der Waals surface area contributed by atoms with Crippen LogP contribution in [0.5, 0.6) is 0 Å². The molecule has 0 radical (unpaired) electrons. The molecule has 1 atom stereocenters. The van der Waals surface area contributed by atoms with E-state index in [2.05, 4.69) is 5.32 Å². The van der Waals surface area contributed by atoms with E-state index in [1.807, 2.05) is 35.0 Å². The molecule has 1 unspecified atom stereocenters. The fourth-order valence-corrected chi connectivity index (χ4v) is 4.41. The monoisotopic (exact) mass is 511 g/mol. The highest BCUT2D eigenvalue weighted by molar-refractivity contribution is 7.10. The van der Waals surface area contributed by atoms with Crippen LogP contribution < -0.4 is 11.1 Å². The fraction of sp³-hybridized carbons (Fsp3) is 0.522. The van der Waals surface area contributed by atoms with Crippen LogP contribution in [0.1, 0.15) is 49.8 Å². The lowest BCUT2D eigenvalue weighted by atomic mass is 10.1. The Hall–Kier alpha value is -2.79. The Morgan fingerprint density at radius 3 is 2.15 bits per heavy atom. The van der Waals surface area contributed by atoms with E-state index in [0.717, 1.165) is 9.75 Å². The minimum absolute atomic E-state index is 0.0138. The molecule has 0 aliphatic carbocycles. The number of hydrogen-bond donors (Lipinski definition) is 2. The summed E-state index contributed by atoms with van der Waals surface area (Å²) in [4.78, 5) is 39.7. The lowest BCUT2D eigenvalue weighted by Gasteiger charge is -2.25. The molecule has 3 amide bonds. The van der Waals surface area contributed by atoms with Crippen LogP contribution in [0.25, 0.3) is 0 Å². The fourth-order valence-electron chi connectivity index (χ4n) is 2.97. The summed E-state index contributed by atoms with van der Waals surface area (Å²) in [7, 11) is 0. The quantitative estimate of drug-likeness (QED) is 0.302. The van der Waals surface area contributed by atoms with Crippen LogP contribution in [-0.2, 0) is 27.3 Å². The average molecular weight is 512 g/mol. The third-order valence-electron chi connectivity index (χ3n) is 4.43. The van der Waals surface area contributed by atoms with Crippen LogP contribution in [-0.4, -0.2) is 48.0 Å². The lowest BCUT2D eigenvalue weighted by Crippen LogP contribution is -2.43. The van der Waals surface area contributed by atoms with E-state index < -0.39 is 29.9 Å². The third-order valence-corrected chi connectivity index (χ3v) is 6.15. The molecule has 3 N–H and O–H groups in total. The van der Waals surface area contributed by atoms with Crippen LogP contribution in [0.3, 0.4) is 0 Å². The Labute approximate surface area is 208 Å². The molecule has 0 fully saturated rings. The number of primary amides is 1. The molecule has 0 aliphatic rings. The number of thiophene rings is 2. The number of nitrogens with zero attached hydrogens (tertiary/aromatic N) is 1. The average Bonchev–Trinajstić information content (AvgIpc) is 3.43. The molecule has 2 heterocycles. The van der Waals surface area contributed by atoms with E-state index in [1.54, 1.807) is 48.3 Å². The third kappa shape index (κ3) is 11.4. The Bertz CT molecular complexity index is 845. The van der Waals surface area contributed by atoms with Crippen molar-refractivity contribution >= 4 is 41.0 Å². The Morgan fingerprint density at radius 1 is 1.03 bits per heavy atom. The number of alkyl carbamates (subject to hydrolysis) is 1. The number of nitrogens with one attached hydrogen (secondary N) is 1. The van der Waals surface area contributed by atoms with Gasteiger partial charge in [0.15, 0.2) is 0 Å². The van der Waals surface area contributed by atoms with Gasteiger partial charge in [-0.1, -0.05) is 12.1 Å². The van der Waals surface area contributed by atoms with Gasteiger partial charge in [-0.05, 0) is 62.9 Å². The summed E-state index contributed by atoms with van der Waals surface area (Å²) in [6, 6.07) is 7.37. The molecule has 11 heteroatoms.